The first kappa shape index (κ1) is 12.0. The van der Waals surface area contributed by atoms with E-state index in [0.717, 1.165) is 28.7 Å². The molecule has 2 heteroatoms. The van der Waals surface area contributed by atoms with Crippen molar-refractivity contribution in [3.05, 3.63) is 29.3 Å². The molecule has 18 heavy (non-hydrogen) atoms. The van der Waals surface area contributed by atoms with Crippen LogP contribution < -0.4 is 4.74 Å². The number of benzene rings is 1. The summed E-state index contributed by atoms with van der Waals surface area (Å²) in [5.74, 6) is 2.99. The minimum Gasteiger partial charge on any atom is -0.496 e. The maximum atomic E-state index is 10.5. The van der Waals surface area contributed by atoms with Crippen LogP contribution in [-0.2, 0) is 0 Å². The highest BCUT2D eigenvalue weighted by atomic mass is 16.5. The molecule has 2 nitrogen and oxygen atoms in total. The van der Waals surface area contributed by atoms with Crippen LogP contribution in [0.3, 0.4) is 0 Å². The van der Waals surface area contributed by atoms with Gasteiger partial charge in [-0.1, -0.05) is 18.9 Å². The van der Waals surface area contributed by atoms with E-state index in [2.05, 4.69) is 6.07 Å². The Balaban J connectivity index is 1.76. The van der Waals surface area contributed by atoms with Gasteiger partial charge in [-0.3, -0.25) is 0 Å². The minimum atomic E-state index is -0.275. The fraction of sp³-hybridized carbons (Fsp3) is 0.625. The molecule has 98 valence electrons. The van der Waals surface area contributed by atoms with Crippen LogP contribution in [0.15, 0.2) is 18.2 Å². The fourth-order valence-corrected chi connectivity index (χ4v) is 3.82. The Morgan fingerprint density at radius 2 is 1.89 bits per heavy atom. The Bertz CT molecular complexity index is 429. The summed E-state index contributed by atoms with van der Waals surface area (Å²) in [6, 6.07) is 6.06. The van der Waals surface area contributed by atoms with Gasteiger partial charge in [-0.15, -0.1) is 0 Å². The molecule has 0 aliphatic heterocycles. The highest BCUT2D eigenvalue weighted by Crippen LogP contribution is 2.60. The van der Waals surface area contributed by atoms with Crippen LogP contribution in [0, 0.1) is 24.7 Å². The molecule has 1 N–H and O–H groups in total. The third kappa shape index (κ3) is 1.93. The smallest absolute Gasteiger partial charge is 0.121 e. The molecular formula is C16H22O2. The van der Waals surface area contributed by atoms with E-state index in [1.807, 2.05) is 19.1 Å². The molecule has 0 heterocycles. The van der Waals surface area contributed by atoms with Crippen LogP contribution in [0.5, 0.6) is 5.75 Å². The van der Waals surface area contributed by atoms with Gasteiger partial charge in [0, 0.05) is 0 Å². The summed E-state index contributed by atoms with van der Waals surface area (Å²) in [6.07, 6.45) is 5.07. The number of ether oxygens (including phenoxy) is 1. The van der Waals surface area contributed by atoms with Crippen molar-refractivity contribution in [2.75, 3.05) is 7.11 Å². The zero-order chi connectivity index (χ0) is 12.7. The first-order valence-corrected chi connectivity index (χ1v) is 7.05. The van der Waals surface area contributed by atoms with E-state index in [9.17, 15) is 5.11 Å². The Kier molecular flexibility index (Phi) is 3.06. The zero-order valence-electron chi connectivity index (χ0n) is 11.2. The van der Waals surface area contributed by atoms with Crippen molar-refractivity contribution in [1.82, 2.24) is 0 Å². The molecule has 0 amide bonds. The van der Waals surface area contributed by atoms with Crippen molar-refractivity contribution in [3.63, 3.8) is 0 Å². The van der Waals surface area contributed by atoms with E-state index in [-0.39, 0.29) is 6.10 Å². The number of aliphatic hydroxyl groups is 1. The summed E-state index contributed by atoms with van der Waals surface area (Å²) in [7, 11) is 1.69. The lowest BCUT2D eigenvalue weighted by atomic mass is 10.0. The molecular weight excluding hydrogens is 224 g/mol. The average Bonchev–Trinajstić information content (AvgIpc) is 3.12. The SMILES string of the molecule is COc1ccc(C(O)C2C3CCCCC32)cc1C. The molecule has 0 bridgehead atoms. The number of aryl methyl sites for hydroxylation is 1. The summed E-state index contributed by atoms with van der Waals surface area (Å²) < 4.78 is 5.27. The van der Waals surface area contributed by atoms with Gasteiger partial charge in [-0.2, -0.15) is 0 Å². The normalized spacial score (nSPS) is 31.6. The van der Waals surface area contributed by atoms with Crippen LogP contribution in [0.25, 0.3) is 0 Å². The second-order valence-electron chi connectivity index (χ2n) is 5.86. The topological polar surface area (TPSA) is 29.5 Å². The molecule has 0 aromatic heterocycles. The predicted molar refractivity (Wildman–Crippen MR) is 71.6 cm³/mol. The highest BCUT2D eigenvalue weighted by molar-refractivity contribution is 5.37. The molecule has 2 saturated carbocycles. The fourth-order valence-electron chi connectivity index (χ4n) is 3.82. The average molecular weight is 246 g/mol. The van der Waals surface area contributed by atoms with Crippen molar-refractivity contribution in [3.8, 4) is 5.75 Å². The molecule has 1 aromatic rings. The Morgan fingerprint density at radius 3 is 2.44 bits per heavy atom. The maximum Gasteiger partial charge on any atom is 0.121 e. The summed E-state index contributed by atoms with van der Waals surface area (Å²) in [5.41, 5.74) is 2.17. The summed E-state index contributed by atoms with van der Waals surface area (Å²) in [6.45, 7) is 2.04. The third-order valence-electron chi connectivity index (χ3n) is 4.85. The van der Waals surface area contributed by atoms with E-state index < -0.39 is 0 Å². The first-order chi connectivity index (χ1) is 8.72. The van der Waals surface area contributed by atoms with Crippen LogP contribution in [0.4, 0.5) is 0 Å². The van der Waals surface area contributed by atoms with E-state index in [0.29, 0.717) is 5.92 Å². The van der Waals surface area contributed by atoms with Gasteiger partial charge in [0.1, 0.15) is 5.75 Å². The van der Waals surface area contributed by atoms with Gasteiger partial charge >= 0.3 is 0 Å². The van der Waals surface area contributed by atoms with Crippen LogP contribution >= 0.6 is 0 Å². The van der Waals surface area contributed by atoms with Gasteiger partial charge in [0.25, 0.3) is 0 Å². The molecule has 2 aliphatic rings. The van der Waals surface area contributed by atoms with Gasteiger partial charge in [0.05, 0.1) is 13.2 Å². The molecule has 3 unspecified atom stereocenters. The lowest BCUT2D eigenvalue weighted by Crippen LogP contribution is -2.03. The number of rotatable bonds is 3. The third-order valence-corrected chi connectivity index (χ3v) is 4.85. The molecule has 0 saturated heterocycles. The Hall–Kier alpha value is -1.02. The molecule has 1 aromatic carbocycles. The Morgan fingerprint density at radius 1 is 1.22 bits per heavy atom. The number of fused-ring (bicyclic) bond motifs is 1. The van der Waals surface area contributed by atoms with Crippen molar-refractivity contribution in [2.24, 2.45) is 17.8 Å². The maximum absolute atomic E-state index is 10.5. The summed E-state index contributed by atoms with van der Waals surface area (Å²) in [4.78, 5) is 0. The highest BCUT2D eigenvalue weighted by Gasteiger charge is 2.54. The minimum absolute atomic E-state index is 0.275. The second-order valence-corrected chi connectivity index (χ2v) is 5.86. The van der Waals surface area contributed by atoms with Crippen LogP contribution in [0.2, 0.25) is 0 Å². The monoisotopic (exact) mass is 246 g/mol. The van der Waals surface area contributed by atoms with Crippen molar-refractivity contribution < 1.29 is 9.84 Å². The largest absolute Gasteiger partial charge is 0.496 e. The van der Waals surface area contributed by atoms with Crippen LogP contribution in [0.1, 0.15) is 42.9 Å². The van der Waals surface area contributed by atoms with E-state index in [4.69, 9.17) is 4.74 Å². The number of hydrogen-bond donors (Lipinski definition) is 1. The quantitative estimate of drug-likeness (QED) is 0.885. The van der Waals surface area contributed by atoms with Crippen molar-refractivity contribution in [1.29, 1.82) is 0 Å². The van der Waals surface area contributed by atoms with Crippen molar-refractivity contribution >= 4 is 0 Å². The molecule has 3 rings (SSSR count). The van der Waals surface area contributed by atoms with Gasteiger partial charge in [-0.25, -0.2) is 0 Å². The van der Waals surface area contributed by atoms with Gasteiger partial charge in [-0.05, 0) is 60.8 Å². The van der Waals surface area contributed by atoms with Gasteiger partial charge < -0.3 is 9.84 Å². The van der Waals surface area contributed by atoms with Gasteiger partial charge in [0.2, 0.25) is 0 Å². The lowest BCUT2D eigenvalue weighted by molar-refractivity contribution is 0.142. The molecule has 3 atom stereocenters. The summed E-state index contributed by atoms with van der Waals surface area (Å²) in [5, 5.41) is 10.5. The standard InChI is InChI=1S/C16H22O2/c1-10-9-11(7-8-14(10)18-2)16(17)15-12-5-3-4-6-13(12)15/h7-9,12-13,15-17H,3-6H2,1-2H3. The molecule has 2 aliphatic carbocycles. The predicted octanol–water partition coefficient (Wildman–Crippen LogP) is 3.47. The van der Waals surface area contributed by atoms with Crippen molar-refractivity contribution in [2.45, 2.75) is 38.7 Å². The Labute approximate surface area is 109 Å². The molecule has 2 fully saturated rings. The van der Waals surface area contributed by atoms with E-state index in [1.165, 1.54) is 25.7 Å². The molecule has 0 radical (unpaired) electrons. The molecule has 0 spiro atoms. The second kappa shape index (κ2) is 4.58. The summed E-state index contributed by atoms with van der Waals surface area (Å²) >= 11 is 0. The van der Waals surface area contributed by atoms with E-state index in [1.54, 1.807) is 7.11 Å². The zero-order valence-corrected chi connectivity index (χ0v) is 11.2. The lowest BCUT2D eigenvalue weighted by Gasteiger charge is -2.13. The van der Waals surface area contributed by atoms with Gasteiger partial charge in [0.15, 0.2) is 0 Å². The van der Waals surface area contributed by atoms with Crippen LogP contribution in [-0.4, -0.2) is 12.2 Å². The number of hydrogen-bond acceptors (Lipinski definition) is 2. The van der Waals surface area contributed by atoms with E-state index >= 15 is 0 Å². The first-order valence-electron chi connectivity index (χ1n) is 7.05. The number of aliphatic hydroxyl groups excluding tert-OH is 1. The number of methoxy groups -OCH3 is 1.